The number of carbonyl (C=O) groups excluding carboxylic acids is 2. The van der Waals surface area contributed by atoms with Gasteiger partial charge >= 0.3 is 6.03 Å². The van der Waals surface area contributed by atoms with Crippen molar-refractivity contribution in [3.63, 3.8) is 0 Å². The molecule has 8 nitrogen and oxygen atoms in total. The van der Waals surface area contributed by atoms with Gasteiger partial charge in [-0.2, -0.15) is 0 Å². The third kappa shape index (κ3) is 4.11. The fourth-order valence-corrected chi connectivity index (χ4v) is 1.43. The number of nitrogens with two attached hydrogens (primary N) is 1. The molecule has 0 aliphatic heterocycles. The second-order valence-corrected chi connectivity index (χ2v) is 3.89. The highest BCUT2D eigenvalue weighted by Crippen LogP contribution is 2.28. The van der Waals surface area contributed by atoms with Crippen molar-refractivity contribution in [1.29, 1.82) is 0 Å². The lowest BCUT2D eigenvalue weighted by molar-refractivity contribution is -0.384. The van der Waals surface area contributed by atoms with Gasteiger partial charge in [0, 0.05) is 12.1 Å². The van der Waals surface area contributed by atoms with Crippen molar-refractivity contribution < 1.29 is 19.2 Å². The summed E-state index contributed by atoms with van der Waals surface area (Å²) in [7, 11) is 0. The van der Waals surface area contributed by atoms with Crippen LogP contribution in [-0.2, 0) is 4.79 Å². The molecule has 0 radical (unpaired) electrons. The van der Waals surface area contributed by atoms with Gasteiger partial charge in [-0.3, -0.25) is 20.2 Å². The van der Waals surface area contributed by atoms with E-state index in [0.717, 1.165) is 6.07 Å². The molecule has 1 rings (SSSR count). The molecule has 1 aromatic rings. The maximum absolute atomic E-state index is 11.3. The smallest absolute Gasteiger partial charge is 0.318 e. The Labute approximate surface area is 112 Å². The Morgan fingerprint density at radius 1 is 1.53 bits per heavy atom. The molecule has 0 aliphatic carbocycles. The van der Waals surface area contributed by atoms with Gasteiger partial charge < -0.3 is 10.5 Å². The minimum atomic E-state index is -1.01. The highest BCUT2D eigenvalue weighted by atomic mass is 35.5. The molecule has 1 atom stereocenters. The first kappa shape index (κ1) is 14.7. The molecule has 19 heavy (non-hydrogen) atoms. The summed E-state index contributed by atoms with van der Waals surface area (Å²) in [5, 5.41) is 12.3. The summed E-state index contributed by atoms with van der Waals surface area (Å²) in [6, 6.07) is 2.64. The average molecular weight is 288 g/mol. The number of nitrogens with zero attached hydrogens (tertiary/aromatic N) is 1. The first-order chi connectivity index (χ1) is 8.81. The number of halogens is 1. The standard InChI is InChI=1S/C10H10ClN3O5/c1-5(9(15)13-10(12)16)19-6-2-3-8(14(17)18)7(11)4-6/h2-5H,1H3,(H3,12,13,15,16). The number of imide groups is 1. The summed E-state index contributed by atoms with van der Waals surface area (Å²) in [6.45, 7) is 1.38. The van der Waals surface area contributed by atoms with Crippen LogP contribution >= 0.6 is 11.6 Å². The van der Waals surface area contributed by atoms with Crippen LogP contribution in [0.25, 0.3) is 0 Å². The summed E-state index contributed by atoms with van der Waals surface area (Å²) < 4.78 is 5.17. The zero-order valence-corrected chi connectivity index (χ0v) is 10.5. The molecule has 0 spiro atoms. The number of nitro groups is 1. The number of nitrogens with one attached hydrogen (secondary N) is 1. The normalized spacial score (nSPS) is 11.5. The molecule has 1 unspecified atom stereocenters. The Morgan fingerprint density at radius 3 is 2.63 bits per heavy atom. The zero-order valence-electron chi connectivity index (χ0n) is 9.75. The van der Waals surface area contributed by atoms with Gasteiger partial charge in [-0.1, -0.05) is 11.6 Å². The molecular weight excluding hydrogens is 278 g/mol. The van der Waals surface area contributed by atoms with Gasteiger partial charge in [0.15, 0.2) is 6.10 Å². The second kappa shape index (κ2) is 6.01. The SMILES string of the molecule is CC(Oc1ccc([N+](=O)[O-])c(Cl)c1)C(=O)NC(N)=O. The number of carbonyl (C=O) groups is 2. The molecule has 0 aromatic heterocycles. The Bertz CT molecular complexity index is 534. The quantitative estimate of drug-likeness (QED) is 0.636. The van der Waals surface area contributed by atoms with Crippen LogP contribution in [0.15, 0.2) is 18.2 Å². The number of benzene rings is 1. The van der Waals surface area contributed by atoms with Gasteiger partial charge in [-0.05, 0) is 13.0 Å². The van der Waals surface area contributed by atoms with Gasteiger partial charge in [0.05, 0.1) is 4.92 Å². The molecule has 0 saturated heterocycles. The lowest BCUT2D eigenvalue weighted by atomic mass is 10.3. The van der Waals surface area contributed by atoms with Crippen molar-refractivity contribution in [1.82, 2.24) is 5.32 Å². The number of amides is 3. The number of primary amides is 1. The van der Waals surface area contributed by atoms with Crippen molar-refractivity contribution in [2.75, 3.05) is 0 Å². The van der Waals surface area contributed by atoms with Gasteiger partial charge in [-0.15, -0.1) is 0 Å². The van der Waals surface area contributed by atoms with Crippen LogP contribution in [0.2, 0.25) is 5.02 Å². The van der Waals surface area contributed by atoms with Gasteiger partial charge in [0.25, 0.3) is 11.6 Å². The fourth-order valence-electron chi connectivity index (χ4n) is 1.19. The highest BCUT2D eigenvalue weighted by Gasteiger charge is 2.18. The Kier molecular flexibility index (Phi) is 4.65. The predicted octanol–water partition coefficient (Wildman–Crippen LogP) is 1.21. The molecule has 102 valence electrons. The van der Waals surface area contributed by atoms with Crippen molar-refractivity contribution in [3.8, 4) is 5.75 Å². The summed E-state index contributed by atoms with van der Waals surface area (Å²) in [4.78, 5) is 31.7. The van der Waals surface area contributed by atoms with Gasteiger partial charge in [-0.25, -0.2) is 4.79 Å². The Hall–Kier alpha value is -2.35. The fraction of sp³-hybridized carbons (Fsp3) is 0.200. The Morgan fingerprint density at radius 2 is 2.16 bits per heavy atom. The van der Waals surface area contributed by atoms with Crippen molar-refractivity contribution in [2.24, 2.45) is 5.73 Å². The van der Waals surface area contributed by atoms with Crippen LogP contribution < -0.4 is 15.8 Å². The number of nitro benzene ring substituents is 1. The van der Waals surface area contributed by atoms with Gasteiger partial charge in [0.2, 0.25) is 0 Å². The number of hydrogen-bond acceptors (Lipinski definition) is 5. The zero-order chi connectivity index (χ0) is 14.6. The topological polar surface area (TPSA) is 125 Å². The molecule has 0 bridgehead atoms. The molecule has 0 aliphatic rings. The van der Waals surface area contributed by atoms with E-state index in [0.29, 0.717) is 0 Å². The third-order valence-electron chi connectivity index (χ3n) is 2.04. The maximum atomic E-state index is 11.3. The number of rotatable bonds is 4. The molecule has 0 fully saturated rings. The lowest BCUT2D eigenvalue weighted by Gasteiger charge is -2.13. The predicted molar refractivity (Wildman–Crippen MR) is 65.9 cm³/mol. The van der Waals surface area contributed by atoms with Crippen LogP contribution in [0.5, 0.6) is 5.75 Å². The van der Waals surface area contributed by atoms with E-state index in [1.807, 2.05) is 5.32 Å². The molecule has 0 saturated carbocycles. The largest absolute Gasteiger partial charge is 0.481 e. The summed E-state index contributed by atoms with van der Waals surface area (Å²) in [6.07, 6.45) is -1.01. The van der Waals surface area contributed by atoms with Crippen LogP contribution in [0.3, 0.4) is 0 Å². The minimum absolute atomic E-state index is 0.120. The van der Waals surface area contributed by atoms with E-state index >= 15 is 0 Å². The van der Waals surface area contributed by atoms with E-state index in [1.165, 1.54) is 19.1 Å². The lowest BCUT2D eigenvalue weighted by Crippen LogP contribution is -2.42. The highest BCUT2D eigenvalue weighted by molar-refractivity contribution is 6.32. The van der Waals surface area contributed by atoms with E-state index < -0.39 is 23.0 Å². The summed E-state index contributed by atoms with van der Waals surface area (Å²) >= 11 is 5.68. The van der Waals surface area contributed by atoms with Crippen LogP contribution in [-0.4, -0.2) is 23.0 Å². The van der Waals surface area contributed by atoms with Crippen LogP contribution in [0.4, 0.5) is 10.5 Å². The second-order valence-electron chi connectivity index (χ2n) is 3.48. The first-order valence-electron chi connectivity index (χ1n) is 5.02. The van der Waals surface area contributed by atoms with E-state index in [1.54, 1.807) is 0 Å². The minimum Gasteiger partial charge on any atom is -0.481 e. The number of urea groups is 1. The molecule has 1 aromatic carbocycles. The molecule has 9 heteroatoms. The monoisotopic (exact) mass is 287 g/mol. The maximum Gasteiger partial charge on any atom is 0.318 e. The summed E-state index contributed by atoms with van der Waals surface area (Å²) in [5.41, 5.74) is 4.50. The van der Waals surface area contributed by atoms with E-state index in [-0.39, 0.29) is 16.5 Å². The van der Waals surface area contributed by atoms with Crippen molar-refractivity contribution >= 4 is 29.2 Å². The van der Waals surface area contributed by atoms with E-state index in [2.05, 4.69) is 0 Å². The number of hydrogen-bond donors (Lipinski definition) is 2. The Balaban J connectivity index is 2.78. The van der Waals surface area contributed by atoms with E-state index in [9.17, 15) is 19.7 Å². The molecular formula is C10H10ClN3O5. The third-order valence-corrected chi connectivity index (χ3v) is 2.35. The van der Waals surface area contributed by atoms with Crippen molar-refractivity contribution in [3.05, 3.63) is 33.3 Å². The molecule has 3 amide bonds. The summed E-state index contributed by atoms with van der Waals surface area (Å²) in [5.74, 6) is -0.579. The average Bonchev–Trinajstić information content (AvgIpc) is 2.27. The molecule has 3 N–H and O–H groups in total. The molecule has 0 heterocycles. The van der Waals surface area contributed by atoms with Crippen LogP contribution in [0.1, 0.15) is 6.92 Å². The first-order valence-corrected chi connectivity index (χ1v) is 5.40. The van der Waals surface area contributed by atoms with E-state index in [4.69, 9.17) is 22.1 Å². The van der Waals surface area contributed by atoms with Crippen LogP contribution in [0, 0.1) is 10.1 Å². The van der Waals surface area contributed by atoms with Gasteiger partial charge in [0.1, 0.15) is 10.8 Å². The van der Waals surface area contributed by atoms with Crippen molar-refractivity contribution in [2.45, 2.75) is 13.0 Å². The number of ether oxygens (including phenoxy) is 1.